The molecule has 0 aliphatic rings. The highest BCUT2D eigenvalue weighted by atomic mass is 16.5. The molecule has 6 nitrogen and oxygen atoms in total. The van der Waals surface area contributed by atoms with Gasteiger partial charge in [0, 0.05) is 26.7 Å². The Labute approximate surface area is 141 Å². The first-order valence-corrected chi connectivity index (χ1v) is 7.76. The van der Waals surface area contributed by atoms with Crippen LogP contribution < -0.4 is 20.8 Å². The number of aryl methyl sites for hydroxylation is 1. The van der Waals surface area contributed by atoms with Crippen LogP contribution in [0.4, 0.5) is 5.82 Å². The van der Waals surface area contributed by atoms with Crippen LogP contribution in [0.2, 0.25) is 0 Å². The van der Waals surface area contributed by atoms with Gasteiger partial charge in [0.15, 0.2) is 5.75 Å². The molecule has 0 radical (unpaired) electrons. The third kappa shape index (κ3) is 4.38. The number of carbonyl (C=O) groups is 1. The van der Waals surface area contributed by atoms with E-state index >= 15 is 0 Å². The van der Waals surface area contributed by atoms with Crippen molar-refractivity contribution in [1.82, 2.24) is 4.57 Å². The van der Waals surface area contributed by atoms with E-state index in [4.69, 9.17) is 10.5 Å². The van der Waals surface area contributed by atoms with E-state index in [-0.39, 0.29) is 17.3 Å². The maximum absolute atomic E-state index is 12.3. The zero-order valence-electron chi connectivity index (χ0n) is 14.2. The third-order valence-electron chi connectivity index (χ3n) is 3.84. The molecular formula is C18H23N3O3. The van der Waals surface area contributed by atoms with Crippen molar-refractivity contribution in [1.29, 1.82) is 0 Å². The highest BCUT2D eigenvalue weighted by Crippen LogP contribution is 2.15. The molecule has 1 aromatic carbocycles. The summed E-state index contributed by atoms with van der Waals surface area (Å²) in [5, 5.41) is 0. The smallest absolute Gasteiger partial charge is 0.225 e. The Morgan fingerprint density at radius 1 is 1.33 bits per heavy atom. The fourth-order valence-electron chi connectivity index (χ4n) is 2.41. The maximum atomic E-state index is 12.3. The van der Waals surface area contributed by atoms with Gasteiger partial charge in [-0.2, -0.15) is 0 Å². The third-order valence-corrected chi connectivity index (χ3v) is 3.84. The predicted molar refractivity (Wildman–Crippen MR) is 94.1 cm³/mol. The van der Waals surface area contributed by atoms with E-state index in [1.807, 2.05) is 49.3 Å². The Hall–Kier alpha value is -2.76. The van der Waals surface area contributed by atoms with Gasteiger partial charge in [-0.15, -0.1) is 0 Å². The lowest BCUT2D eigenvalue weighted by molar-refractivity contribution is -0.121. The molecule has 0 saturated heterocycles. The Morgan fingerprint density at radius 3 is 2.62 bits per heavy atom. The number of ether oxygens (including phenoxy) is 1. The summed E-state index contributed by atoms with van der Waals surface area (Å²) in [6.45, 7) is 2.53. The molecule has 24 heavy (non-hydrogen) atoms. The Bertz CT molecular complexity index is 756. The summed E-state index contributed by atoms with van der Waals surface area (Å²) in [7, 11) is 3.65. The van der Waals surface area contributed by atoms with Gasteiger partial charge in [0.05, 0.1) is 12.1 Å². The molecule has 0 saturated carbocycles. The number of nitrogens with zero attached hydrogens (tertiary/aromatic N) is 2. The van der Waals surface area contributed by atoms with Crippen molar-refractivity contribution in [2.24, 2.45) is 18.7 Å². The van der Waals surface area contributed by atoms with Gasteiger partial charge >= 0.3 is 0 Å². The first kappa shape index (κ1) is 17.6. The predicted octanol–water partition coefficient (Wildman–Crippen LogP) is 1.52. The average molecular weight is 329 g/mol. The van der Waals surface area contributed by atoms with Crippen molar-refractivity contribution in [3.63, 3.8) is 0 Å². The summed E-state index contributed by atoms with van der Waals surface area (Å²) in [4.78, 5) is 25.3. The molecule has 0 aliphatic heterocycles. The zero-order chi connectivity index (χ0) is 17.7. The lowest BCUT2D eigenvalue weighted by Crippen LogP contribution is -2.34. The summed E-state index contributed by atoms with van der Waals surface area (Å²) in [6, 6.07) is 11.2. The summed E-state index contributed by atoms with van der Waals surface area (Å²) < 4.78 is 7.43. The van der Waals surface area contributed by atoms with Crippen LogP contribution in [0.3, 0.4) is 0 Å². The SMILES string of the molecule is C[C@@H](CN(C)c1cc(=O)c(OCc2ccccc2)cn1C)C(N)=O. The van der Waals surface area contributed by atoms with Crippen molar-refractivity contribution in [2.75, 3.05) is 18.5 Å². The van der Waals surface area contributed by atoms with Gasteiger partial charge in [-0.25, -0.2) is 0 Å². The second kappa shape index (κ2) is 7.68. The quantitative estimate of drug-likeness (QED) is 0.835. The van der Waals surface area contributed by atoms with E-state index in [9.17, 15) is 9.59 Å². The molecule has 2 rings (SSSR count). The van der Waals surface area contributed by atoms with E-state index in [1.54, 1.807) is 17.7 Å². The van der Waals surface area contributed by atoms with Gasteiger partial charge in [0.2, 0.25) is 11.3 Å². The minimum atomic E-state index is -0.366. The van der Waals surface area contributed by atoms with Crippen LogP contribution in [0.25, 0.3) is 0 Å². The first-order valence-electron chi connectivity index (χ1n) is 7.76. The van der Waals surface area contributed by atoms with E-state index in [2.05, 4.69) is 0 Å². The van der Waals surface area contributed by atoms with E-state index in [1.165, 1.54) is 6.07 Å². The van der Waals surface area contributed by atoms with Crippen LogP contribution in [0.15, 0.2) is 47.4 Å². The Morgan fingerprint density at radius 2 is 2.00 bits per heavy atom. The van der Waals surface area contributed by atoms with Gasteiger partial charge in [-0.1, -0.05) is 37.3 Å². The van der Waals surface area contributed by atoms with Gasteiger partial charge in [-0.3, -0.25) is 9.59 Å². The van der Waals surface area contributed by atoms with Crippen LogP contribution >= 0.6 is 0 Å². The maximum Gasteiger partial charge on any atom is 0.225 e. The van der Waals surface area contributed by atoms with Crippen LogP contribution in [-0.4, -0.2) is 24.1 Å². The number of hydrogen-bond acceptors (Lipinski definition) is 4. The van der Waals surface area contributed by atoms with Crippen molar-refractivity contribution in [2.45, 2.75) is 13.5 Å². The molecule has 0 bridgehead atoms. The standard InChI is InChI=1S/C18H23N3O3/c1-13(18(19)23)10-20(2)17-9-15(22)16(11-21(17)3)24-12-14-7-5-4-6-8-14/h4-9,11,13H,10,12H2,1-3H3,(H2,19,23)/t13-/m0/s1. The van der Waals surface area contributed by atoms with Crippen molar-refractivity contribution in [3.05, 3.63) is 58.4 Å². The van der Waals surface area contributed by atoms with Crippen LogP contribution in [0, 0.1) is 5.92 Å². The van der Waals surface area contributed by atoms with Crippen LogP contribution in [0.5, 0.6) is 5.75 Å². The number of benzene rings is 1. The van der Waals surface area contributed by atoms with Gasteiger partial charge in [0.1, 0.15) is 12.4 Å². The lowest BCUT2D eigenvalue weighted by Gasteiger charge is -2.24. The number of nitrogens with two attached hydrogens (primary N) is 1. The molecule has 2 N–H and O–H groups in total. The second-order valence-corrected chi connectivity index (χ2v) is 5.93. The van der Waals surface area contributed by atoms with Crippen LogP contribution in [-0.2, 0) is 18.4 Å². The summed E-state index contributed by atoms with van der Waals surface area (Å²) in [6.07, 6.45) is 1.66. The lowest BCUT2D eigenvalue weighted by atomic mass is 10.1. The monoisotopic (exact) mass is 329 g/mol. The van der Waals surface area contributed by atoms with E-state index < -0.39 is 0 Å². The zero-order valence-corrected chi connectivity index (χ0v) is 14.2. The van der Waals surface area contributed by atoms with Gasteiger partial charge in [0.25, 0.3) is 0 Å². The number of hydrogen-bond donors (Lipinski definition) is 1. The second-order valence-electron chi connectivity index (χ2n) is 5.93. The number of pyridine rings is 1. The molecule has 1 amide bonds. The Kier molecular flexibility index (Phi) is 5.63. The number of rotatable bonds is 7. The topological polar surface area (TPSA) is 77.6 Å². The number of anilines is 1. The average Bonchev–Trinajstić information content (AvgIpc) is 2.55. The minimum absolute atomic E-state index is 0.197. The minimum Gasteiger partial charge on any atom is -0.483 e. The molecule has 2 aromatic rings. The highest BCUT2D eigenvalue weighted by Gasteiger charge is 2.15. The number of carbonyl (C=O) groups excluding carboxylic acids is 1. The molecule has 0 spiro atoms. The number of primary amides is 1. The normalized spacial score (nSPS) is 11.8. The van der Waals surface area contributed by atoms with E-state index in [0.29, 0.717) is 24.7 Å². The van der Waals surface area contributed by atoms with Gasteiger partial charge < -0.3 is 19.9 Å². The molecule has 1 aromatic heterocycles. The number of aromatic nitrogens is 1. The molecule has 6 heteroatoms. The molecule has 1 heterocycles. The summed E-state index contributed by atoms with van der Waals surface area (Å²) >= 11 is 0. The first-order chi connectivity index (χ1) is 11.4. The fraction of sp³-hybridized carbons (Fsp3) is 0.333. The molecule has 1 atom stereocenters. The molecule has 0 unspecified atom stereocenters. The number of amides is 1. The van der Waals surface area contributed by atoms with Crippen molar-refractivity contribution < 1.29 is 9.53 Å². The molecule has 128 valence electrons. The van der Waals surface area contributed by atoms with Crippen molar-refractivity contribution >= 4 is 11.7 Å². The summed E-state index contributed by atoms with van der Waals surface area (Å²) in [5.41, 5.74) is 6.09. The van der Waals surface area contributed by atoms with E-state index in [0.717, 1.165) is 5.56 Å². The van der Waals surface area contributed by atoms with Crippen LogP contribution in [0.1, 0.15) is 12.5 Å². The summed E-state index contributed by atoms with van der Waals surface area (Å²) in [5.74, 6) is 0.315. The highest BCUT2D eigenvalue weighted by molar-refractivity contribution is 5.76. The fourth-order valence-corrected chi connectivity index (χ4v) is 2.41. The van der Waals surface area contributed by atoms with Gasteiger partial charge in [-0.05, 0) is 5.56 Å². The van der Waals surface area contributed by atoms with Crippen molar-refractivity contribution in [3.8, 4) is 5.75 Å². The molecular weight excluding hydrogens is 306 g/mol. The Balaban J connectivity index is 2.13. The molecule has 0 fully saturated rings. The largest absolute Gasteiger partial charge is 0.483 e. The molecule has 0 aliphatic carbocycles.